The Bertz CT molecular complexity index is 7280. The lowest BCUT2D eigenvalue weighted by Gasteiger charge is -2.41. The van der Waals surface area contributed by atoms with Crippen molar-refractivity contribution >= 4 is 43.6 Å². The van der Waals surface area contributed by atoms with Gasteiger partial charge in [-0.1, -0.05) is 413 Å². The summed E-state index contributed by atoms with van der Waals surface area (Å²) in [6.07, 6.45) is 0. The summed E-state index contributed by atoms with van der Waals surface area (Å²) in [5.74, 6) is 1.42. The second-order valence-electron chi connectivity index (χ2n) is 30.6. The molecule has 0 spiro atoms. The maximum absolute atomic E-state index is 5.12. The van der Waals surface area contributed by atoms with Gasteiger partial charge >= 0.3 is 0 Å². The van der Waals surface area contributed by atoms with E-state index < -0.39 is 10.8 Å². The Kier molecular flexibility index (Phi) is 16.9. The molecule has 23 rings (SSSR count). The van der Waals surface area contributed by atoms with E-state index >= 15 is 0 Å². The maximum Gasteiger partial charge on any atom is 0.160 e. The molecule has 21 aromatic rings. The van der Waals surface area contributed by atoms with Gasteiger partial charge in [-0.25, -0.2) is 19.9 Å². The van der Waals surface area contributed by atoms with E-state index in [0.29, 0.717) is 11.6 Å². The molecule has 2 aliphatic heterocycles. The summed E-state index contributed by atoms with van der Waals surface area (Å²) in [7, 11) is 0. The average molecular weight is 1500 g/mol. The Hall–Kier alpha value is -15.5. The Morgan fingerprint density at radius 1 is 0.169 bits per heavy atom. The lowest BCUT2D eigenvalue weighted by molar-refractivity contribution is 0.728. The molecule has 0 N–H and O–H groups in total. The zero-order valence-electron chi connectivity index (χ0n) is 64.4. The van der Waals surface area contributed by atoms with Gasteiger partial charge < -0.3 is 9.13 Å². The fraction of sp³-hybridized carbons (Fsp3) is 0.0179. The first-order chi connectivity index (χ1) is 58.5. The largest absolute Gasteiger partial charge is 0.309 e. The highest BCUT2D eigenvalue weighted by atomic mass is 15.0. The highest BCUT2D eigenvalue weighted by molar-refractivity contribution is 6.13. The molecule has 6 heterocycles. The summed E-state index contributed by atoms with van der Waals surface area (Å²) in [6, 6.07) is 162. The fourth-order valence-electron chi connectivity index (χ4n) is 18.8. The van der Waals surface area contributed by atoms with Crippen LogP contribution in [0.15, 0.2) is 449 Å². The van der Waals surface area contributed by atoms with Gasteiger partial charge in [0, 0.05) is 54.9 Å². The molecule has 0 fully saturated rings. The van der Waals surface area contributed by atoms with E-state index in [9.17, 15) is 0 Å². The molecule has 552 valence electrons. The van der Waals surface area contributed by atoms with Crippen LogP contribution in [0.5, 0.6) is 0 Å². The van der Waals surface area contributed by atoms with Crippen LogP contribution in [0, 0.1) is 0 Å². The number of benzene rings is 17. The molecule has 6 heteroatoms. The number of aromatic nitrogens is 6. The van der Waals surface area contributed by atoms with Crippen molar-refractivity contribution in [2.24, 2.45) is 0 Å². The van der Waals surface area contributed by atoms with E-state index in [0.717, 1.165) is 78.4 Å². The van der Waals surface area contributed by atoms with Crippen molar-refractivity contribution in [3.63, 3.8) is 0 Å². The van der Waals surface area contributed by atoms with Crippen LogP contribution in [0.3, 0.4) is 0 Å². The number of para-hydroxylation sites is 6. The Morgan fingerprint density at radius 2 is 0.407 bits per heavy atom. The zero-order chi connectivity index (χ0) is 78.1. The predicted octanol–water partition coefficient (Wildman–Crippen LogP) is 27.5. The van der Waals surface area contributed by atoms with Crippen molar-refractivity contribution in [2.45, 2.75) is 10.8 Å². The molecule has 0 amide bonds. The number of hydrogen-bond donors (Lipinski definition) is 0. The van der Waals surface area contributed by atoms with E-state index in [4.69, 9.17) is 19.9 Å². The summed E-state index contributed by atoms with van der Waals surface area (Å²) in [5.41, 5.74) is 33.2. The van der Waals surface area contributed by atoms with Crippen LogP contribution in [0.4, 0.5) is 0 Å². The Balaban J connectivity index is 0.000000143. The first-order valence-corrected chi connectivity index (χ1v) is 40.4. The van der Waals surface area contributed by atoms with Crippen LogP contribution in [-0.2, 0) is 10.8 Å². The predicted molar refractivity (Wildman–Crippen MR) is 485 cm³/mol. The second-order valence-corrected chi connectivity index (χ2v) is 30.6. The SMILES string of the molecule is c1ccc(-c2cc(-c3ccc(-c4ccc(C5(c6ccccc6)c6ccccc6-n6c7ccccc7c7cccc5c76)cc4)cc3)nc(-c3ccccc3)n2)cc1.c1ccc(-c2ccc(-c3cc(-c4ccc(-c5ccc(C6(c7ccccc7)c7ccccc7-n7c8ccccc8c8cccc6c87)cc5)cc4)nc(-c4ccccc4)n3)cc2)cc1. The second kappa shape index (κ2) is 28.9. The van der Waals surface area contributed by atoms with Crippen molar-refractivity contribution in [1.82, 2.24) is 29.1 Å². The molecule has 17 aromatic carbocycles. The fourth-order valence-corrected chi connectivity index (χ4v) is 18.8. The van der Waals surface area contributed by atoms with Crippen LogP contribution in [0.2, 0.25) is 0 Å². The van der Waals surface area contributed by atoms with Gasteiger partial charge in [-0.2, -0.15) is 0 Å². The zero-order valence-corrected chi connectivity index (χ0v) is 64.4. The van der Waals surface area contributed by atoms with Crippen molar-refractivity contribution in [2.75, 3.05) is 0 Å². The summed E-state index contributed by atoms with van der Waals surface area (Å²) < 4.78 is 4.97. The summed E-state index contributed by atoms with van der Waals surface area (Å²) in [5, 5.41) is 5.10. The summed E-state index contributed by atoms with van der Waals surface area (Å²) in [4.78, 5) is 20.2. The summed E-state index contributed by atoms with van der Waals surface area (Å²) >= 11 is 0. The lowest BCUT2D eigenvalue weighted by Crippen LogP contribution is -2.35. The van der Waals surface area contributed by atoms with Gasteiger partial charge in [0.2, 0.25) is 0 Å². The quantitative estimate of drug-likeness (QED) is 0.115. The third-order valence-corrected chi connectivity index (χ3v) is 24.2. The molecule has 0 radical (unpaired) electrons. The van der Waals surface area contributed by atoms with Crippen molar-refractivity contribution in [1.29, 1.82) is 0 Å². The molecule has 2 unspecified atom stereocenters. The standard InChI is InChI=1S/C59H39N3.C53H35N3/c1-4-15-40(16-5-1)41-27-31-44(32-28-41)53-39-54(61-58(60-53)46-17-6-2-7-18-46)45-33-29-42(30-34-45)43-35-37-48(38-36-43)59(47-19-8-3-9-20-47)51-23-11-13-26-56(51)62-55-25-12-10-21-49(55)50-22-14-24-52(59)57(50)62;1-4-15-38(16-5-1)47-35-48(55-52(54-47)40-17-6-2-7-18-40)39-29-27-36(28-30-39)37-31-33-42(34-32-37)53(41-19-8-3-9-20-41)45-23-11-13-26-50(45)56-49-25-12-10-21-43(49)44-22-14-24-46(53)51(44)56/h1-39H;1-35H. The minimum Gasteiger partial charge on any atom is -0.309 e. The van der Waals surface area contributed by atoms with E-state index in [-0.39, 0.29) is 0 Å². The smallest absolute Gasteiger partial charge is 0.160 e. The van der Waals surface area contributed by atoms with Crippen molar-refractivity contribution < 1.29 is 0 Å². The van der Waals surface area contributed by atoms with Crippen LogP contribution in [-0.4, -0.2) is 29.1 Å². The van der Waals surface area contributed by atoms with Gasteiger partial charge in [-0.3, -0.25) is 0 Å². The molecule has 6 nitrogen and oxygen atoms in total. The number of rotatable bonds is 13. The van der Waals surface area contributed by atoms with Crippen LogP contribution >= 0.6 is 0 Å². The van der Waals surface area contributed by atoms with E-state index in [1.165, 1.54) is 111 Å². The van der Waals surface area contributed by atoms with Gasteiger partial charge in [0.15, 0.2) is 11.6 Å². The summed E-state index contributed by atoms with van der Waals surface area (Å²) in [6.45, 7) is 0. The molecular weight excluding hydrogens is 1430 g/mol. The normalized spacial score (nSPS) is 14.3. The highest BCUT2D eigenvalue weighted by Crippen LogP contribution is 2.57. The van der Waals surface area contributed by atoms with Crippen LogP contribution in [0.1, 0.15) is 44.5 Å². The number of nitrogens with zero attached hydrogens (tertiary/aromatic N) is 6. The van der Waals surface area contributed by atoms with Crippen molar-refractivity contribution in [3.05, 3.63) is 493 Å². The number of fused-ring (bicyclic) bond motifs is 10. The molecular formula is C112H74N6. The molecule has 0 bridgehead atoms. The molecule has 118 heavy (non-hydrogen) atoms. The number of hydrogen-bond acceptors (Lipinski definition) is 4. The minimum atomic E-state index is -0.535. The first-order valence-electron chi connectivity index (χ1n) is 40.4. The molecule has 4 aromatic heterocycles. The minimum absolute atomic E-state index is 0.524. The van der Waals surface area contributed by atoms with E-state index in [2.05, 4.69) is 397 Å². The topological polar surface area (TPSA) is 61.4 Å². The first kappa shape index (κ1) is 69.2. The van der Waals surface area contributed by atoms with Crippen molar-refractivity contribution in [3.8, 4) is 113 Å². The third kappa shape index (κ3) is 11.5. The monoisotopic (exact) mass is 1500 g/mol. The van der Waals surface area contributed by atoms with Crippen LogP contribution < -0.4 is 0 Å². The molecule has 2 aliphatic rings. The molecule has 2 atom stereocenters. The molecule has 0 saturated carbocycles. The van der Waals surface area contributed by atoms with E-state index in [1.807, 2.05) is 60.7 Å². The molecule has 0 saturated heterocycles. The Labute approximate surface area is 685 Å². The van der Waals surface area contributed by atoms with Gasteiger partial charge in [0.1, 0.15) is 0 Å². The Morgan fingerprint density at radius 3 is 0.763 bits per heavy atom. The van der Waals surface area contributed by atoms with Gasteiger partial charge in [-0.05, 0) is 114 Å². The van der Waals surface area contributed by atoms with Gasteiger partial charge in [0.05, 0.1) is 67.0 Å². The average Bonchev–Trinajstić information content (AvgIpc) is 1.43. The van der Waals surface area contributed by atoms with E-state index in [1.54, 1.807) is 0 Å². The third-order valence-electron chi connectivity index (χ3n) is 24.2. The molecule has 0 aliphatic carbocycles. The van der Waals surface area contributed by atoms with Crippen LogP contribution in [0.25, 0.3) is 156 Å². The highest BCUT2D eigenvalue weighted by Gasteiger charge is 2.47. The maximum atomic E-state index is 5.12. The van der Waals surface area contributed by atoms with Gasteiger partial charge in [-0.15, -0.1) is 0 Å². The van der Waals surface area contributed by atoms with Gasteiger partial charge in [0.25, 0.3) is 0 Å². The lowest BCUT2D eigenvalue weighted by atomic mass is 9.63.